The minimum absolute atomic E-state index is 0.00926. The molecule has 1 N–H and O–H groups in total. The Bertz CT molecular complexity index is 80.5. The number of nitrogens with one attached hydrogen (secondary N) is 1. The van der Waals surface area contributed by atoms with Crippen LogP contribution in [0.2, 0.25) is 5.32 Å². The molecule has 0 aromatic carbocycles. The van der Waals surface area contributed by atoms with Gasteiger partial charge in [-0.1, -0.05) is 0 Å². The fourth-order valence-corrected chi connectivity index (χ4v) is 1.25. The van der Waals surface area contributed by atoms with Crippen LogP contribution in [0.25, 0.3) is 0 Å². The van der Waals surface area contributed by atoms with Crippen LogP contribution in [0, 0.1) is 0 Å². The molecule has 0 spiro atoms. The Hall–Kier alpha value is 0.149. The van der Waals surface area contributed by atoms with Crippen LogP contribution in [-0.4, -0.2) is 34.9 Å². The predicted octanol–water partition coefficient (Wildman–Crippen LogP) is -0.250. The minimum atomic E-state index is 0.00926. The molecule has 0 saturated carbocycles. The van der Waals surface area contributed by atoms with Crippen LogP contribution < -0.4 is 5.32 Å². The number of ketones is 1. The van der Waals surface area contributed by atoms with E-state index in [-0.39, 0.29) is 11.8 Å². The molecule has 0 fully saturated rings. The summed E-state index contributed by atoms with van der Waals surface area (Å²) in [5.41, 5.74) is 0. The van der Waals surface area contributed by atoms with E-state index in [4.69, 9.17) is 0 Å². The summed E-state index contributed by atoms with van der Waals surface area (Å²) in [7, 11) is 1.78. The van der Waals surface area contributed by atoms with Crippen molar-refractivity contribution in [2.24, 2.45) is 0 Å². The van der Waals surface area contributed by atoms with Gasteiger partial charge in [0.25, 0.3) is 0 Å². The van der Waals surface area contributed by atoms with E-state index in [1.807, 2.05) is 0 Å². The zero-order valence-electron chi connectivity index (χ0n) is 5.10. The van der Waals surface area contributed by atoms with Crippen molar-refractivity contribution in [2.45, 2.75) is 18.3 Å². The molecule has 47 valence electrons. The molecule has 0 aliphatic heterocycles. The van der Waals surface area contributed by atoms with Crippen molar-refractivity contribution in [3.63, 3.8) is 0 Å². The Balaban J connectivity index is 3.52. The number of likely N-dealkylation sites (N-methyl/N-ethyl adjacent to an activating group) is 1. The van der Waals surface area contributed by atoms with Crippen molar-refractivity contribution in [1.82, 2.24) is 5.32 Å². The summed E-state index contributed by atoms with van der Waals surface area (Å²) in [6, 6.07) is 0.00926. The standard InChI is InChI=1S/C5H10NOSe/c1-4(7)5(3-8)6-2/h5-6H,3H2,1-2H3/t5-/m0/s1. The Morgan fingerprint density at radius 1 is 1.88 bits per heavy atom. The fourth-order valence-electron chi connectivity index (χ4n) is 0.404. The van der Waals surface area contributed by atoms with Crippen molar-refractivity contribution < 1.29 is 4.79 Å². The number of rotatable bonds is 3. The quantitative estimate of drug-likeness (QED) is 0.605. The molecule has 0 heterocycles. The van der Waals surface area contributed by atoms with E-state index >= 15 is 0 Å². The van der Waals surface area contributed by atoms with Gasteiger partial charge in [0.15, 0.2) is 0 Å². The molecule has 0 bridgehead atoms. The van der Waals surface area contributed by atoms with E-state index in [9.17, 15) is 4.79 Å². The second kappa shape index (κ2) is 4.07. The van der Waals surface area contributed by atoms with Gasteiger partial charge in [-0.3, -0.25) is 0 Å². The molecule has 0 aliphatic carbocycles. The van der Waals surface area contributed by atoms with Crippen LogP contribution in [0.1, 0.15) is 6.92 Å². The monoisotopic (exact) mass is 180 g/mol. The summed E-state index contributed by atoms with van der Waals surface area (Å²) < 4.78 is 0. The number of Topliss-reactive ketones (excluding diaryl/α,β-unsaturated/α-hetero) is 1. The van der Waals surface area contributed by atoms with Gasteiger partial charge in [0, 0.05) is 0 Å². The van der Waals surface area contributed by atoms with Gasteiger partial charge in [0.2, 0.25) is 0 Å². The Kier molecular flexibility index (Phi) is 4.15. The Morgan fingerprint density at radius 2 is 2.38 bits per heavy atom. The molecule has 2 nitrogen and oxygen atoms in total. The van der Waals surface area contributed by atoms with E-state index in [0.717, 1.165) is 5.32 Å². The van der Waals surface area contributed by atoms with Crippen molar-refractivity contribution in [1.29, 1.82) is 0 Å². The molecule has 0 unspecified atom stereocenters. The summed E-state index contributed by atoms with van der Waals surface area (Å²) in [4.78, 5) is 10.5. The molecule has 0 rings (SSSR count). The number of carbonyl (C=O) groups excluding carboxylic acids is 1. The second-order valence-corrected chi connectivity index (χ2v) is 2.32. The van der Waals surface area contributed by atoms with Gasteiger partial charge < -0.3 is 0 Å². The third-order valence-corrected chi connectivity index (χ3v) is 1.71. The third-order valence-electron chi connectivity index (χ3n) is 1.01. The van der Waals surface area contributed by atoms with Crippen LogP contribution in [0.15, 0.2) is 0 Å². The maximum absolute atomic E-state index is 10.5. The summed E-state index contributed by atoms with van der Waals surface area (Å²) in [5.74, 6) is 0.186. The van der Waals surface area contributed by atoms with Gasteiger partial charge in [-0.2, -0.15) is 0 Å². The van der Waals surface area contributed by atoms with E-state index < -0.39 is 0 Å². The SMILES string of the molecule is CN[C@@H](C[Se])C(C)=O. The molecular weight excluding hydrogens is 169 g/mol. The predicted molar refractivity (Wildman–Crippen MR) is 34.1 cm³/mol. The molecule has 0 aromatic heterocycles. The van der Waals surface area contributed by atoms with E-state index in [2.05, 4.69) is 21.3 Å². The first-order chi connectivity index (χ1) is 3.72. The van der Waals surface area contributed by atoms with Gasteiger partial charge in [-0.25, -0.2) is 0 Å². The Labute approximate surface area is 57.8 Å². The van der Waals surface area contributed by atoms with Gasteiger partial charge in [0.05, 0.1) is 0 Å². The zero-order chi connectivity index (χ0) is 6.57. The van der Waals surface area contributed by atoms with E-state index in [0.29, 0.717) is 0 Å². The first-order valence-electron chi connectivity index (χ1n) is 2.48. The summed E-state index contributed by atoms with van der Waals surface area (Å²) in [6.45, 7) is 1.58. The topological polar surface area (TPSA) is 29.1 Å². The average Bonchev–Trinajstić information content (AvgIpc) is 1.69. The molecule has 1 atom stereocenters. The normalized spacial score (nSPS) is 13.4. The molecule has 1 radical (unpaired) electrons. The number of hydrogen-bond acceptors (Lipinski definition) is 2. The first kappa shape index (κ1) is 8.15. The van der Waals surface area contributed by atoms with Crippen molar-refractivity contribution in [3.8, 4) is 0 Å². The summed E-state index contributed by atoms with van der Waals surface area (Å²) in [5, 5.41) is 3.63. The average molecular weight is 179 g/mol. The van der Waals surface area contributed by atoms with Gasteiger partial charge >= 0.3 is 57.2 Å². The summed E-state index contributed by atoms with van der Waals surface area (Å²) >= 11 is 2.79. The molecule has 3 heteroatoms. The number of hydrogen-bond donors (Lipinski definition) is 1. The van der Waals surface area contributed by atoms with Crippen LogP contribution in [-0.2, 0) is 4.79 Å². The molecule has 8 heavy (non-hydrogen) atoms. The maximum atomic E-state index is 10.5. The zero-order valence-corrected chi connectivity index (χ0v) is 6.81. The van der Waals surface area contributed by atoms with Crippen LogP contribution in [0.5, 0.6) is 0 Å². The van der Waals surface area contributed by atoms with Crippen molar-refractivity contribution in [3.05, 3.63) is 0 Å². The molecule has 0 aromatic rings. The Morgan fingerprint density at radius 3 is 2.38 bits per heavy atom. The first-order valence-corrected chi connectivity index (χ1v) is 3.69. The van der Waals surface area contributed by atoms with Crippen molar-refractivity contribution in [2.75, 3.05) is 7.05 Å². The summed E-state index contributed by atoms with van der Waals surface area (Å²) in [6.07, 6.45) is 0. The molecule has 0 amide bonds. The third kappa shape index (κ3) is 2.46. The number of carbonyl (C=O) groups is 1. The second-order valence-electron chi connectivity index (χ2n) is 1.62. The van der Waals surface area contributed by atoms with Gasteiger partial charge in [-0.15, -0.1) is 0 Å². The molecule has 0 saturated heterocycles. The van der Waals surface area contributed by atoms with Gasteiger partial charge in [-0.05, 0) is 0 Å². The van der Waals surface area contributed by atoms with Crippen LogP contribution in [0.3, 0.4) is 0 Å². The van der Waals surface area contributed by atoms with E-state index in [1.54, 1.807) is 14.0 Å². The fraction of sp³-hybridized carbons (Fsp3) is 0.800. The molecule has 0 aliphatic rings. The van der Waals surface area contributed by atoms with Crippen molar-refractivity contribution >= 4 is 21.8 Å². The molecular formula is C5H10NOSe. The van der Waals surface area contributed by atoms with E-state index in [1.165, 1.54) is 0 Å². The van der Waals surface area contributed by atoms with Gasteiger partial charge in [0.1, 0.15) is 0 Å². The van der Waals surface area contributed by atoms with Crippen LogP contribution >= 0.6 is 0 Å². The van der Waals surface area contributed by atoms with Crippen LogP contribution in [0.4, 0.5) is 0 Å².